The zero-order chi connectivity index (χ0) is 33.0. The van der Waals surface area contributed by atoms with Gasteiger partial charge in [0.25, 0.3) is 0 Å². The van der Waals surface area contributed by atoms with Crippen LogP contribution < -0.4 is 0 Å². The SMILES string of the molecule is c1cc(-c2ccc3cnccc3c2)cc(-c2ccc3c4ccc(-c5cccc(-c6ccc7ncccc7c6)c5)cc4c4ccccc4c3c2)c1. The van der Waals surface area contributed by atoms with E-state index in [-0.39, 0.29) is 0 Å². The first-order valence-electron chi connectivity index (χ1n) is 17.0. The predicted molar refractivity (Wildman–Crippen MR) is 211 cm³/mol. The van der Waals surface area contributed by atoms with E-state index < -0.39 is 0 Å². The molecule has 0 spiro atoms. The van der Waals surface area contributed by atoms with Crippen molar-refractivity contribution in [1.82, 2.24) is 9.97 Å². The van der Waals surface area contributed by atoms with E-state index in [2.05, 4.69) is 168 Å². The number of benzene rings is 8. The van der Waals surface area contributed by atoms with Crippen molar-refractivity contribution < 1.29 is 0 Å². The molecule has 0 saturated heterocycles. The molecule has 2 nitrogen and oxygen atoms in total. The minimum absolute atomic E-state index is 1.01. The highest BCUT2D eigenvalue weighted by atomic mass is 14.6. The van der Waals surface area contributed by atoms with Crippen molar-refractivity contribution >= 4 is 54.0 Å². The second-order valence-corrected chi connectivity index (χ2v) is 13.1. The molecule has 0 aliphatic carbocycles. The molecular weight excluding hydrogens is 605 g/mol. The van der Waals surface area contributed by atoms with Gasteiger partial charge in [-0.25, -0.2) is 0 Å². The molecule has 2 heterocycles. The zero-order valence-electron chi connectivity index (χ0n) is 27.2. The summed E-state index contributed by atoms with van der Waals surface area (Å²) in [4.78, 5) is 8.77. The average molecular weight is 635 g/mol. The van der Waals surface area contributed by atoms with E-state index in [1.807, 2.05) is 24.7 Å². The third kappa shape index (κ3) is 4.81. The second-order valence-electron chi connectivity index (χ2n) is 13.1. The summed E-state index contributed by atoms with van der Waals surface area (Å²) in [5.41, 5.74) is 10.7. The van der Waals surface area contributed by atoms with Gasteiger partial charge in [-0.15, -0.1) is 0 Å². The molecule has 8 aromatic carbocycles. The van der Waals surface area contributed by atoms with Gasteiger partial charge in [0.05, 0.1) is 5.52 Å². The first-order chi connectivity index (χ1) is 24.7. The van der Waals surface area contributed by atoms with Gasteiger partial charge in [0.15, 0.2) is 0 Å². The molecule has 0 N–H and O–H groups in total. The molecule has 0 unspecified atom stereocenters. The highest BCUT2D eigenvalue weighted by Gasteiger charge is 2.13. The van der Waals surface area contributed by atoms with Crippen LogP contribution in [0.5, 0.6) is 0 Å². The topological polar surface area (TPSA) is 25.8 Å². The Balaban J connectivity index is 1.07. The number of fused-ring (bicyclic) bond motifs is 8. The Hall–Kier alpha value is -6.64. The van der Waals surface area contributed by atoms with Crippen molar-refractivity contribution in [2.24, 2.45) is 0 Å². The number of hydrogen-bond donors (Lipinski definition) is 0. The Morgan fingerprint density at radius 3 is 1.44 bits per heavy atom. The smallest absolute Gasteiger partial charge is 0.0702 e. The fourth-order valence-corrected chi connectivity index (χ4v) is 7.59. The van der Waals surface area contributed by atoms with Crippen LogP contribution in [-0.4, -0.2) is 9.97 Å². The predicted octanol–water partition coefficient (Wildman–Crippen LogP) is 12.9. The standard InChI is InChI=1S/C48H30N2/c1-2-12-43-42(11-1)46-28-37(33-8-3-6-31(24-33)35-13-14-41-30-49-23-21-39(41)26-35)15-18-44(46)45-19-16-38(29-47(43)45)34-9-4-7-32(25-34)36-17-20-48-40(27-36)10-5-22-50-48/h1-30H. The van der Waals surface area contributed by atoms with Crippen molar-refractivity contribution in [1.29, 1.82) is 0 Å². The van der Waals surface area contributed by atoms with Gasteiger partial charge in [-0.1, -0.05) is 109 Å². The molecule has 0 aliphatic heterocycles. The molecule has 0 saturated carbocycles. The highest BCUT2D eigenvalue weighted by Crippen LogP contribution is 2.40. The van der Waals surface area contributed by atoms with Crippen LogP contribution in [0.25, 0.3) is 98.5 Å². The molecule has 50 heavy (non-hydrogen) atoms. The molecule has 0 atom stereocenters. The number of aromatic nitrogens is 2. The van der Waals surface area contributed by atoms with E-state index in [1.165, 1.54) is 82.2 Å². The summed E-state index contributed by atoms with van der Waals surface area (Å²) in [5, 5.41) is 11.1. The average Bonchev–Trinajstić information content (AvgIpc) is 3.20. The van der Waals surface area contributed by atoms with Crippen molar-refractivity contribution in [3.63, 3.8) is 0 Å². The van der Waals surface area contributed by atoms with Gasteiger partial charge in [0.2, 0.25) is 0 Å². The van der Waals surface area contributed by atoms with E-state index in [9.17, 15) is 0 Å². The van der Waals surface area contributed by atoms with E-state index in [0.29, 0.717) is 0 Å². The maximum Gasteiger partial charge on any atom is 0.0702 e. The van der Waals surface area contributed by atoms with Gasteiger partial charge < -0.3 is 0 Å². The molecule has 0 amide bonds. The third-order valence-corrected chi connectivity index (χ3v) is 10.1. The van der Waals surface area contributed by atoms with Crippen molar-refractivity contribution in [3.8, 4) is 44.5 Å². The maximum absolute atomic E-state index is 4.50. The minimum Gasteiger partial charge on any atom is -0.264 e. The van der Waals surface area contributed by atoms with Crippen LogP contribution in [0.4, 0.5) is 0 Å². The number of pyridine rings is 2. The summed E-state index contributed by atoms with van der Waals surface area (Å²) >= 11 is 0. The monoisotopic (exact) mass is 634 g/mol. The van der Waals surface area contributed by atoms with Crippen LogP contribution in [0.2, 0.25) is 0 Å². The van der Waals surface area contributed by atoms with Crippen LogP contribution in [0, 0.1) is 0 Å². The van der Waals surface area contributed by atoms with Crippen LogP contribution >= 0.6 is 0 Å². The van der Waals surface area contributed by atoms with Gasteiger partial charge in [-0.2, -0.15) is 0 Å². The summed E-state index contributed by atoms with van der Waals surface area (Å²) < 4.78 is 0. The Morgan fingerprint density at radius 1 is 0.280 bits per heavy atom. The first-order valence-corrected chi connectivity index (χ1v) is 17.0. The molecule has 10 rings (SSSR count). The fraction of sp³-hybridized carbons (Fsp3) is 0. The van der Waals surface area contributed by atoms with E-state index >= 15 is 0 Å². The third-order valence-electron chi connectivity index (χ3n) is 10.1. The zero-order valence-corrected chi connectivity index (χ0v) is 27.2. The van der Waals surface area contributed by atoms with Gasteiger partial charge in [0, 0.05) is 29.4 Å². The van der Waals surface area contributed by atoms with E-state index in [4.69, 9.17) is 0 Å². The lowest BCUT2D eigenvalue weighted by Crippen LogP contribution is -1.87. The molecule has 0 aliphatic rings. The van der Waals surface area contributed by atoms with Crippen molar-refractivity contribution in [2.75, 3.05) is 0 Å². The van der Waals surface area contributed by atoms with E-state index in [1.54, 1.807) is 0 Å². The lowest BCUT2D eigenvalue weighted by molar-refractivity contribution is 1.36. The van der Waals surface area contributed by atoms with Crippen LogP contribution in [0.3, 0.4) is 0 Å². The number of nitrogens with zero attached hydrogens (tertiary/aromatic N) is 2. The molecule has 232 valence electrons. The van der Waals surface area contributed by atoms with Crippen LogP contribution in [0.15, 0.2) is 182 Å². The quantitative estimate of drug-likeness (QED) is 0.180. The summed E-state index contributed by atoms with van der Waals surface area (Å²) in [6.45, 7) is 0. The van der Waals surface area contributed by atoms with Crippen LogP contribution in [0.1, 0.15) is 0 Å². The Bertz CT molecular complexity index is 2720. The van der Waals surface area contributed by atoms with Gasteiger partial charge in [-0.3, -0.25) is 9.97 Å². The van der Waals surface area contributed by atoms with Gasteiger partial charge in [-0.05, 0) is 137 Å². The maximum atomic E-state index is 4.50. The van der Waals surface area contributed by atoms with Crippen molar-refractivity contribution in [3.05, 3.63) is 182 Å². The summed E-state index contributed by atoms with van der Waals surface area (Å²) in [5.74, 6) is 0. The van der Waals surface area contributed by atoms with Gasteiger partial charge >= 0.3 is 0 Å². The fourth-order valence-electron chi connectivity index (χ4n) is 7.59. The van der Waals surface area contributed by atoms with Crippen LogP contribution in [-0.2, 0) is 0 Å². The largest absolute Gasteiger partial charge is 0.264 e. The second kappa shape index (κ2) is 11.5. The normalized spacial score (nSPS) is 11.6. The molecular formula is C48H30N2. The van der Waals surface area contributed by atoms with E-state index in [0.717, 1.165) is 16.3 Å². The first kappa shape index (κ1) is 28.4. The van der Waals surface area contributed by atoms with Crippen molar-refractivity contribution in [2.45, 2.75) is 0 Å². The Labute approximate surface area is 290 Å². The number of hydrogen-bond acceptors (Lipinski definition) is 2. The molecule has 10 aromatic rings. The molecule has 0 fully saturated rings. The summed E-state index contributed by atoms with van der Waals surface area (Å²) in [6, 6.07) is 59.8. The summed E-state index contributed by atoms with van der Waals surface area (Å²) in [7, 11) is 0. The minimum atomic E-state index is 1.01. The van der Waals surface area contributed by atoms with Gasteiger partial charge in [0.1, 0.15) is 0 Å². The summed E-state index contributed by atoms with van der Waals surface area (Å²) in [6.07, 6.45) is 5.62. The molecule has 2 heteroatoms. The lowest BCUT2D eigenvalue weighted by atomic mass is 9.89. The molecule has 0 radical (unpaired) electrons. The Morgan fingerprint density at radius 2 is 0.800 bits per heavy atom. The number of rotatable bonds is 4. The molecule has 0 bridgehead atoms. The Kier molecular flexibility index (Phi) is 6.53. The lowest BCUT2D eigenvalue weighted by Gasteiger charge is -2.14. The highest BCUT2D eigenvalue weighted by molar-refractivity contribution is 6.26. The molecule has 2 aromatic heterocycles.